The lowest BCUT2D eigenvalue weighted by atomic mass is 10.1. The van der Waals surface area contributed by atoms with Gasteiger partial charge in [0.2, 0.25) is 0 Å². The maximum absolute atomic E-state index is 13.2. The third-order valence-corrected chi connectivity index (χ3v) is 5.40. The quantitative estimate of drug-likeness (QED) is 0.530. The number of amides is 3. The fraction of sp³-hybridized carbons (Fsp3) is 0.192. The molecule has 0 bridgehead atoms. The van der Waals surface area contributed by atoms with Gasteiger partial charge in [0, 0.05) is 13.6 Å². The van der Waals surface area contributed by atoms with E-state index in [1.165, 1.54) is 4.90 Å². The summed E-state index contributed by atoms with van der Waals surface area (Å²) in [4.78, 5) is 41.5. The van der Waals surface area contributed by atoms with Crippen molar-refractivity contribution in [2.75, 3.05) is 13.7 Å². The number of hydrogen-bond donors (Lipinski definition) is 0. The van der Waals surface area contributed by atoms with E-state index in [1.807, 2.05) is 37.3 Å². The molecule has 6 nitrogen and oxygen atoms in total. The van der Waals surface area contributed by atoms with Crippen molar-refractivity contribution in [2.24, 2.45) is 0 Å². The molecule has 0 fully saturated rings. The van der Waals surface area contributed by atoms with E-state index in [0.29, 0.717) is 41.2 Å². The minimum atomic E-state index is -0.325. The number of fused-ring (bicyclic) bond motifs is 1. The van der Waals surface area contributed by atoms with Crippen molar-refractivity contribution in [2.45, 2.75) is 20.0 Å². The Balaban J connectivity index is 1.59. The Morgan fingerprint density at radius 2 is 1.50 bits per heavy atom. The van der Waals surface area contributed by atoms with E-state index in [0.717, 1.165) is 5.56 Å². The van der Waals surface area contributed by atoms with Gasteiger partial charge in [-0.25, -0.2) is 0 Å². The monoisotopic (exact) mass is 428 g/mol. The topological polar surface area (TPSA) is 66.9 Å². The molecule has 4 rings (SSSR count). The van der Waals surface area contributed by atoms with Gasteiger partial charge in [0.25, 0.3) is 17.7 Å². The molecule has 0 N–H and O–H groups in total. The van der Waals surface area contributed by atoms with E-state index < -0.39 is 0 Å². The van der Waals surface area contributed by atoms with Crippen LogP contribution in [0, 0.1) is 0 Å². The summed E-state index contributed by atoms with van der Waals surface area (Å²) in [7, 11) is 1.74. The lowest BCUT2D eigenvalue weighted by Gasteiger charge is -2.21. The molecule has 0 aliphatic carbocycles. The van der Waals surface area contributed by atoms with Crippen LogP contribution in [0.2, 0.25) is 0 Å². The van der Waals surface area contributed by atoms with Crippen molar-refractivity contribution >= 4 is 17.7 Å². The van der Waals surface area contributed by atoms with Crippen LogP contribution in [0.4, 0.5) is 0 Å². The number of nitrogens with zero attached hydrogens (tertiary/aromatic N) is 2. The fourth-order valence-corrected chi connectivity index (χ4v) is 3.82. The zero-order valence-electron chi connectivity index (χ0n) is 18.1. The lowest BCUT2D eigenvalue weighted by molar-refractivity contribution is 0.0642. The van der Waals surface area contributed by atoms with Gasteiger partial charge in [0.05, 0.1) is 29.8 Å². The number of hydrogen-bond acceptors (Lipinski definition) is 4. The summed E-state index contributed by atoms with van der Waals surface area (Å²) >= 11 is 0. The Bertz CT molecular complexity index is 1140. The van der Waals surface area contributed by atoms with Crippen molar-refractivity contribution in [1.29, 1.82) is 0 Å². The van der Waals surface area contributed by atoms with Gasteiger partial charge in [-0.1, -0.05) is 48.5 Å². The van der Waals surface area contributed by atoms with E-state index in [9.17, 15) is 14.4 Å². The molecule has 1 aliphatic rings. The smallest absolute Gasteiger partial charge is 0.261 e. The van der Waals surface area contributed by atoms with Crippen LogP contribution in [0.1, 0.15) is 49.1 Å². The largest absolute Gasteiger partial charge is 0.493 e. The lowest BCUT2D eigenvalue weighted by Crippen LogP contribution is -2.30. The maximum Gasteiger partial charge on any atom is 0.261 e. The summed E-state index contributed by atoms with van der Waals surface area (Å²) < 4.78 is 5.68. The van der Waals surface area contributed by atoms with E-state index >= 15 is 0 Å². The van der Waals surface area contributed by atoms with Gasteiger partial charge in [0.15, 0.2) is 0 Å². The van der Waals surface area contributed by atoms with Crippen LogP contribution in [-0.2, 0) is 13.1 Å². The molecule has 1 heterocycles. The fourth-order valence-electron chi connectivity index (χ4n) is 3.82. The molecule has 6 heteroatoms. The number of imide groups is 1. The SMILES string of the molecule is CCOc1ccc(CN2C(=O)c3ccccc3C2=O)cc1C(=O)N(C)Cc1ccccc1. The van der Waals surface area contributed by atoms with Crippen molar-refractivity contribution in [1.82, 2.24) is 9.80 Å². The average molecular weight is 428 g/mol. The number of benzene rings is 3. The van der Waals surface area contributed by atoms with Gasteiger partial charge in [-0.05, 0) is 42.3 Å². The van der Waals surface area contributed by atoms with E-state index in [-0.39, 0.29) is 24.3 Å². The molecule has 0 unspecified atom stereocenters. The predicted molar refractivity (Wildman–Crippen MR) is 120 cm³/mol. The van der Waals surface area contributed by atoms with E-state index in [4.69, 9.17) is 4.74 Å². The second-order valence-corrected chi connectivity index (χ2v) is 7.65. The Hall–Kier alpha value is -3.93. The highest BCUT2D eigenvalue weighted by atomic mass is 16.5. The third kappa shape index (κ3) is 4.12. The molecule has 0 atom stereocenters. The second kappa shape index (κ2) is 9.06. The standard InChI is InChI=1S/C26H24N2O4/c1-3-32-23-14-13-19(17-28-25(30)20-11-7-8-12-21(20)26(28)31)15-22(23)24(29)27(2)16-18-9-5-4-6-10-18/h4-15H,3,16-17H2,1-2H3. The Morgan fingerprint density at radius 1 is 0.875 bits per heavy atom. The molecular formula is C26H24N2O4. The zero-order valence-corrected chi connectivity index (χ0v) is 18.1. The van der Waals surface area contributed by atoms with Gasteiger partial charge in [-0.3, -0.25) is 19.3 Å². The summed E-state index contributed by atoms with van der Waals surface area (Å²) in [5.74, 6) is -0.368. The van der Waals surface area contributed by atoms with Crippen molar-refractivity contribution in [3.63, 3.8) is 0 Å². The Labute approximate surface area is 187 Å². The molecule has 3 amide bonds. The van der Waals surface area contributed by atoms with Crippen molar-refractivity contribution in [3.8, 4) is 5.75 Å². The highest BCUT2D eigenvalue weighted by molar-refractivity contribution is 6.21. The number of rotatable bonds is 7. The minimum Gasteiger partial charge on any atom is -0.493 e. The summed E-state index contributed by atoms with van der Waals surface area (Å²) in [6.45, 7) is 2.81. The van der Waals surface area contributed by atoms with Crippen LogP contribution in [-0.4, -0.2) is 41.2 Å². The van der Waals surface area contributed by atoms with Crippen LogP contribution in [0.5, 0.6) is 5.75 Å². The second-order valence-electron chi connectivity index (χ2n) is 7.65. The van der Waals surface area contributed by atoms with Crippen LogP contribution < -0.4 is 4.74 Å². The highest BCUT2D eigenvalue weighted by Gasteiger charge is 2.35. The minimum absolute atomic E-state index is 0.0848. The molecule has 3 aromatic rings. The van der Waals surface area contributed by atoms with E-state index in [1.54, 1.807) is 54.4 Å². The maximum atomic E-state index is 13.2. The molecule has 0 saturated carbocycles. The summed E-state index contributed by atoms with van der Waals surface area (Å²) in [6.07, 6.45) is 0. The highest BCUT2D eigenvalue weighted by Crippen LogP contribution is 2.27. The van der Waals surface area contributed by atoms with Crippen LogP contribution >= 0.6 is 0 Å². The molecular weight excluding hydrogens is 404 g/mol. The third-order valence-electron chi connectivity index (χ3n) is 5.40. The first-order valence-corrected chi connectivity index (χ1v) is 10.5. The normalized spacial score (nSPS) is 12.6. The number of carbonyl (C=O) groups excluding carboxylic acids is 3. The first-order chi connectivity index (χ1) is 15.5. The summed E-state index contributed by atoms with van der Waals surface area (Å²) in [5.41, 5.74) is 2.91. The van der Waals surface area contributed by atoms with Gasteiger partial charge >= 0.3 is 0 Å². The van der Waals surface area contributed by atoms with Crippen molar-refractivity contribution < 1.29 is 19.1 Å². The molecule has 0 radical (unpaired) electrons. The van der Waals surface area contributed by atoms with Gasteiger partial charge in [0.1, 0.15) is 5.75 Å². The zero-order chi connectivity index (χ0) is 22.7. The molecule has 3 aromatic carbocycles. The van der Waals surface area contributed by atoms with E-state index in [2.05, 4.69) is 0 Å². The predicted octanol–water partition coefficient (Wildman–Crippen LogP) is 4.15. The van der Waals surface area contributed by atoms with Crippen LogP contribution in [0.15, 0.2) is 72.8 Å². The van der Waals surface area contributed by atoms with Gasteiger partial charge in [-0.15, -0.1) is 0 Å². The average Bonchev–Trinajstić information content (AvgIpc) is 3.05. The van der Waals surface area contributed by atoms with Crippen molar-refractivity contribution in [3.05, 3.63) is 101 Å². The summed E-state index contributed by atoms with van der Waals surface area (Å²) in [5, 5.41) is 0. The Morgan fingerprint density at radius 3 is 2.12 bits per heavy atom. The number of ether oxygens (including phenoxy) is 1. The molecule has 1 aliphatic heterocycles. The molecule has 32 heavy (non-hydrogen) atoms. The molecule has 0 saturated heterocycles. The van der Waals surface area contributed by atoms with Crippen LogP contribution in [0.25, 0.3) is 0 Å². The van der Waals surface area contributed by atoms with Crippen LogP contribution in [0.3, 0.4) is 0 Å². The van der Waals surface area contributed by atoms with Gasteiger partial charge in [-0.2, -0.15) is 0 Å². The first-order valence-electron chi connectivity index (χ1n) is 10.5. The molecule has 0 spiro atoms. The molecule has 162 valence electrons. The van der Waals surface area contributed by atoms with Gasteiger partial charge < -0.3 is 9.64 Å². The summed E-state index contributed by atoms with van der Waals surface area (Å²) in [6, 6.07) is 21.7. The number of carbonyl (C=O) groups is 3. The molecule has 0 aromatic heterocycles. The Kier molecular flexibility index (Phi) is 6.03. The first kappa shape index (κ1) is 21.3.